The minimum atomic E-state index is -0.467. The van der Waals surface area contributed by atoms with Crippen LogP contribution in [0.5, 0.6) is 0 Å². The van der Waals surface area contributed by atoms with E-state index in [-0.39, 0.29) is 0 Å². The first-order valence-electron chi connectivity index (χ1n) is 8.98. The van der Waals surface area contributed by atoms with E-state index in [4.69, 9.17) is 0 Å². The van der Waals surface area contributed by atoms with Crippen molar-refractivity contribution in [1.29, 1.82) is 0 Å². The van der Waals surface area contributed by atoms with E-state index in [9.17, 15) is 9.59 Å². The minimum Gasteiger partial charge on any atom is -0.309 e. The molecule has 0 atom stereocenters. The summed E-state index contributed by atoms with van der Waals surface area (Å²) in [5.74, 6) is 0.969. The number of benzene rings is 1. The fraction of sp³-hybridized carbons (Fsp3) is 0.500. The second-order valence-electron chi connectivity index (χ2n) is 7.18. The van der Waals surface area contributed by atoms with Gasteiger partial charge >= 0.3 is 11.1 Å². The standard InChI is InChI=1S/C20H26N2O2/c1-15(2)17-8-10-18(11-9-17)22-13-12-21(19(23)20(22)24)14-16-6-4-3-5-7-16/h8-13,15-16H,3-7,14H2,1-2H3. The van der Waals surface area contributed by atoms with E-state index in [2.05, 4.69) is 13.8 Å². The van der Waals surface area contributed by atoms with E-state index >= 15 is 0 Å². The molecule has 0 bridgehead atoms. The predicted octanol–water partition coefficient (Wildman–Crippen LogP) is 3.70. The largest absolute Gasteiger partial charge is 0.320 e. The number of hydrogen-bond acceptors (Lipinski definition) is 2. The summed E-state index contributed by atoms with van der Waals surface area (Å²) in [6.07, 6.45) is 9.56. The van der Waals surface area contributed by atoms with Crippen molar-refractivity contribution in [3.05, 3.63) is 62.9 Å². The van der Waals surface area contributed by atoms with E-state index in [1.807, 2.05) is 24.3 Å². The molecule has 1 fully saturated rings. The van der Waals surface area contributed by atoms with Gasteiger partial charge in [0, 0.05) is 24.6 Å². The third-order valence-corrected chi connectivity index (χ3v) is 5.08. The Kier molecular flexibility index (Phi) is 5.03. The van der Waals surface area contributed by atoms with Crippen molar-refractivity contribution in [3.63, 3.8) is 0 Å². The molecule has 1 aliphatic carbocycles. The Bertz CT molecular complexity index is 794. The lowest BCUT2D eigenvalue weighted by Crippen LogP contribution is -2.41. The van der Waals surface area contributed by atoms with Crippen molar-refractivity contribution in [1.82, 2.24) is 9.13 Å². The molecule has 0 N–H and O–H groups in total. The van der Waals surface area contributed by atoms with Gasteiger partial charge in [-0.2, -0.15) is 0 Å². The molecular formula is C20H26N2O2. The summed E-state index contributed by atoms with van der Waals surface area (Å²) in [4.78, 5) is 24.9. The fourth-order valence-corrected chi connectivity index (χ4v) is 3.52. The van der Waals surface area contributed by atoms with Crippen LogP contribution in [0.4, 0.5) is 0 Å². The molecule has 0 amide bonds. The Labute approximate surface area is 142 Å². The molecule has 0 radical (unpaired) electrons. The van der Waals surface area contributed by atoms with Gasteiger partial charge in [0.05, 0.1) is 0 Å². The van der Waals surface area contributed by atoms with E-state index in [0.29, 0.717) is 18.4 Å². The van der Waals surface area contributed by atoms with E-state index in [1.54, 1.807) is 17.0 Å². The van der Waals surface area contributed by atoms with Crippen LogP contribution >= 0.6 is 0 Å². The predicted molar refractivity (Wildman–Crippen MR) is 97.0 cm³/mol. The van der Waals surface area contributed by atoms with Crippen molar-refractivity contribution in [2.45, 2.75) is 58.4 Å². The Morgan fingerprint density at radius 1 is 0.958 bits per heavy atom. The van der Waals surface area contributed by atoms with Gasteiger partial charge in [0.2, 0.25) is 0 Å². The smallest absolute Gasteiger partial charge is 0.309 e. The summed E-state index contributed by atoms with van der Waals surface area (Å²) in [6, 6.07) is 7.84. The monoisotopic (exact) mass is 326 g/mol. The second-order valence-corrected chi connectivity index (χ2v) is 7.18. The quantitative estimate of drug-likeness (QED) is 0.804. The molecule has 3 rings (SSSR count). The highest BCUT2D eigenvalue weighted by molar-refractivity contribution is 5.35. The molecule has 0 saturated heterocycles. The molecule has 0 aliphatic heterocycles. The van der Waals surface area contributed by atoms with Gasteiger partial charge < -0.3 is 4.57 Å². The first kappa shape index (κ1) is 16.7. The van der Waals surface area contributed by atoms with Gasteiger partial charge in [-0.05, 0) is 42.4 Å². The SMILES string of the molecule is CC(C)c1ccc(-n2ccn(CC3CCCCC3)c(=O)c2=O)cc1. The molecule has 0 spiro atoms. The van der Waals surface area contributed by atoms with Gasteiger partial charge in [-0.25, -0.2) is 0 Å². The Hall–Kier alpha value is -2.10. The maximum absolute atomic E-state index is 12.5. The minimum absolute atomic E-state index is 0.420. The zero-order valence-electron chi connectivity index (χ0n) is 14.6. The molecule has 1 aromatic heterocycles. The molecule has 4 nitrogen and oxygen atoms in total. The fourth-order valence-electron chi connectivity index (χ4n) is 3.52. The summed E-state index contributed by atoms with van der Waals surface area (Å²) in [5.41, 5.74) is 1.07. The highest BCUT2D eigenvalue weighted by atomic mass is 16.2. The lowest BCUT2D eigenvalue weighted by molar-refractivity contribution is 0.315. The molecular weight excluding hydrogens is 300 g/mol. The first-order valence-corrected chi connectivity index (χ1v) is 8.98. The Morgan fingerprint density at radius 2 is 1.62 bits per heavy atom. The van der Waals surface area contributed by atoms with Crippen LogP contribution in [0.2, 0.25) is 0 Å². The van der Waals surface area contributed by atoms with Crippen LogP contribution in [0.15, 0.2) is 46.2 Å². The van der Waals surface area contributed by atoms with Crippen molar-refractivity contribution >= 4 is 0 Å². The van der Waals surface area contributed by atoms with Gasteiger partial charge in [0.25, 0.3) is 0 Å². The van der Waals surface area contributed by atoms with Gasteiger partial charge in [-0.3, -0.25) is 14.2 Å². The van der Waals surface area contributed by atoms with E-state index in [0.717, 1.165) is 18.5 Å². The first-order chi connectivity index (χ1) is 11.6. The highest BCUT2D eigenvalue weighted by Gasteiger charge is 2.16. The lowest BCUT2D eigenvalue weighted by atomic mass is 9.89. The normalized spacial score (nSPS) is 15.8. The average molecular weight is 326 g/mol. The van der Waals surface area contributed by atoms with Crippen LogP contribution in [0.25, 0.3) is 5.69 Å². The molecule has 0 unspecified atom stereocenters. The van der Waals surface area contributed by atoms with Crippen LogP contribution in [-0.4, -0.2) is 9.13 Å². The maximum atomic E-state index is 12.5. The van der Waals surface area contributed by atoms with Crippen LogP contribution < -0.4 is 11.1 Å². The Balaban J connectivity index is 1.86. The van der Waals surface area contributed by atoms with Crippen LogP contribution in [-0.2, 0) is 6.54 Å². The molecule has 1 aromatic carbocycles. The third-order valence-electron chi connectivity index (χ3n) is 5.08. The zero-order valence-corrected chi connectivity index (χ0v) is 14.6. The summed E-state index contributed by atoms with van der Waals surface area (Å²) in [7, 11) is 0. The van der Waals surface area contributed by atoms with Gasteiger partial charge in [0.15, 0.2) is 0 Å². The van der Waals surface area contributed by atoms with Gasteiger partial charge in [-0.1, -0.05) is 45.2 Å². The maximum Gasteiger partial charge on any atom is 0.320 e. The summed E-state index contributed by atoms with van der Waals surface area (Å²) < 4.78 is 3.04. The van der Waals surface area contributed by atoms with Crippen LogP contribution in [0.1, 0.15) is 57.4 Å². The summed E-state index contributed by atoms with van der Waals surface area (Å²) in [5, 5.41) is 0. The Morgan fingerprint density at radius 3 is 2.25 bits per heavy atom. The van der Waals surface area contributed by atoms with Crippen molar-refractivity contribution in [2.24, 2.45) is 5.92 Å². The molecule has 1 saturated carbocycles. The van der Waals surface area contributed by atoms with Crippen molar-refractivity contribution in [3.8, 4) is 5.69 Å². The van der Waals surface area contributed by atoms with Crippen molar-refractivity contribution in [2.75, 3.05) is 0 Å². The van der Waals surface area contributed by atoms with Gasteiger partial charge in [-0.15, -0.1) is 0 Å². The van der Waals surface area contributed by atoms with Crippen LogP contribution in [0.3, 0.4) is 0 Å². The molecule has 1 heterocycles. The number of rotatable bonds is 4. The zero-order chi connectivity index (χ0) is 17.1. The second kappa shape index (κ2) is 7.20. The molecule has 1 aliphatic rings. The van der Waals surface area contributed by atoms with Gasteiger partial charge in [0.1, 0.15) is 0 Å². The third kappa shape index (κ3) is 3.53. The number of aromatic nitrogens is 2. The van der Waals surface area contributed by atoms with Crippen molar-refractivity contribution < 1.29 is 0 Å². The van der Waals surface area contributed by atoms with E-state index < -0.39 is 11.1 Å². The van der Waals surface area contributed by atoms with Crippen LogP contribution in [0, 0.1) is 5.92 Å². The van der Waals surface area contributed by atoms with E-state index in [1.165, 1.54) is 29.4 Å². The molecule has 24 heavy (non-hydrogen) atoms. The topological polar surface area (TPSA) is 44.0 Å². The molecule has 4 heteroatoms. The average Bonchev–Trinajstić information content (AvgIpc) is 2.60. The lowest BCUT2D eigenvalue weighted by Gasteiger charge is -2.22. The highest BCUT2D eigenvalue weighted by Crippen LogP contribution is 2.24. The molecule has 2 aromatic rings. The number of nitrogens with zero attached hydrogens (tertiary/aromatic N) is 2. The summed E-state index contributed by atoms with van der Waals surface area (Å²) in [6.45, 7) is 4.93. The number of hydrogen-bond donors (Lipinski definition) is 0. The summed E-state index contributed by atoms with van der Waals surface area (Å²) >= 11 is 0. The molecule has 128 valence electrons.